The lowest BCUT2D eigenvalue weighted by molar-refractivity contribution is 0.210. The van der Waals surface area contributed by atoms with Crippen LogP contribution in [0.1, 0.15) is 44.1 Å². The topological polar surface area (TPSA) is 3.24 Å². The predicted octanol–water partition coefficient (Wildman–Crippen LogP) is 4.40. The second kappa shape index (κ2) is 7.38. The highest BCUT2D eigenvalue weighted by Crippen LogP contribution is 2.19. The Labute approximate surface area is 112 Å². The molecule has 1 heterocycles. The summed E-state index contributed by atoms with van der Waals surface area (Å²) in [6.07, 6.45) is 10.3. The Morgan fingerprint density at radius 2 is 1.78 bits per heavy atom. The SMILES string of the molecule is C=CC1CCCCCCCN1Cc1ccccc1. The summed E-state index contributed by atoms with van der Waals surface area (Å²) in [7, 11) is 0. The molecule has 0 aliphatic carbocycles. The van der Waals surface area contributed by atoms with Crippen molar-refractivity contribution in [3.05, 3.63) is 48.6 Å². The van der Waals surface area contributed by atoms with E-state index in [4.69, 9.17) is 0 Å². The Balaban J connectivity index is 2.02. The molecule has 98 valence electrons. The van der Waals surface area contributed by atoms with E-state index in [1.165, 1.54) is 50.6 Å². The largest absolute Gasteiger partial charge is 0.293 e. The van der Waals surface area contributed by atoms with E-state index in [2.05, 4.69) is 47.9 Å². The van der Waals surface area contributed by atoms with Gasteiger partial charge in [0.15, 0.2) is 0 Å². The van der Waals surface area contributed by atoms with Crippen LogP contribution in [0.2, 0.25) is 0 Å². The lowest BCUT2D eigenvalue weighted by atomic mass is 10.1. The summed E-state index contributed by atoms with van der Waals surface area (Å²) >= 11 is 0. The van der Waals surface area contributed by atoms with Crippen LogP contribution in [0, 0.1) is 0 Å². The van der Waals surface area contributed by atoms with Crippen LogP contribution in [0.3, 0.4) is 0 Å². The molecule has 1 aromatic rings. The molecule has 1 saturated heterocycles. The first-order chi connectivity index (χ1) is 8.90. The molecular weight excluding hydrogens is 218 g/mol. The molecule has 1 aliphatic rings. The molecule has 1 aliphatic heterocycles. The number of benzene rings is 1. The zero-order valence-corrected chi connectivity index (χ0v) is 11.4. The molecule has 0 N–H and O–H groups in total. The summed E-state index contributed by atoms with van der Waals surface area (Å²) in [4.78, 5) is 2.60. The third-order valence-electron chi connectivity index (χ3n) is 3.91. The summed E-state index contributed by atoms with van der Waals surface area (Å²) < 4.78 is 0. The maximum Gasteiger partial charge on any atom is 0.0279 e. The molecule has 1 aromatic carbocycles. The first-order valence-electron chi connectivity index (χ1n) is 7.30. The summed E-state index contributed by atoms with van der Waals surface area (Å²) in [6.45, 7) is 6.32. The van der Waals surface area contributed by atoms with Gasteiger partial charge in [0.05, 0.1) is 0 Å². The van der Waals surface area contributed by atoms with Crippen LogP contribution in [0.25, 0.3) is 0 Å². The van der Waals surface area contributed by atoms with Crippen molar-refractivity contribution >= 4 is 0 Å². The molecule has 1 heteroatoms. The van der Waals surface area contributed by atoms with Crippen molar-refractivity contribution in [3.8, 4) is 0 Å². The zero-order chi connectivity index (χ0) is 12.6. The van der Waals surface area contributed by atoms with Crippen molar-refractivity contribution in [2.45, 2.75) is 51.1 Å². The predicted molar refractivity (Wildman–Crippen MR) is 78.5 cm³/mol. The number of hydrogen-bond donors (Lipinski definition) is 0. The standard InChI is InChI=1S/C17H25N/c1-2-17-13-9-4-3-5-10-14-18(17)15-16-11-7-6-8-12-16/h2,6-8,11-12,17H,1,3-5,9-10,13-15H2. The van der Waals surface area contributed by atoms with Crippen molar-refractivity contribution in [1.82, 2.24) is 4.90 Å². The van der Waals surface area contributed by atoms with Gasteiger partial charge in [0.1, 0.15) is 0 Å². The Morgan fingerprint density at radius 3 is 2.56 bits per heavy atom. The first kappa shape index (κ1) is 13.4. The van der Waals surface area contributed by atoms with Gasteiger partial charge in [-0.05, 0) is 24.9 Å². The molecule has 0 amide bonds. The van der Waals surface area contributed by atoms with Gasteiger partial charge in [-0.25, -0.2) is 0 Å². The van der Waals surface area contributed by atoms with E-state index in [-0.39, 0.29) is 0 Å². The van der Waals surface area contributed by atoms with E-state index in [9.17, 15) is 0 Å². The van der Waals surface area contributed by atoms with Gasteiger partial charge in [-0.1, -0.05) is 62.1 Å². The highest BCUT2D eigenvalue weighted by molar-refractivity contribution is 5.14. The third kappa shape index (κ3) is 3.99. The summed E-state index contributed by atoms with van der Waals surface area (Å²) in [5, 5.41) is 0. The minimum atomic E-state index is 0.559. The number of rotatable bonds is 3. The number of nitrogens with zero attached hydrogens (tertiary/aromatic N) is 1. The van der Waals surface area contributed by atoms with Crippen molar-refractivity contribution in [3.63, 3.8) is 0 Å². The van der Waals surface area contributed by atoms with Gasteiger partial charge in [0, 0.05) is 12.6 Å². The maximum atomic E-state index is 4.04. The van der Waals surface area contributed by atoms with Gasteiger partial charge >= 0.3 is 0 Å². The van der Waals surface area contributed by atoms with Crippen LogP contribution in [-0.4, -0.2) is 17.5 Å². The van der Waals surface area contributed by atoms with Gasteiger partial charge in [-0.15, -0.1) is 6.58 Å². The van der Waals surface area contributed by atoms with E-state index in [0.29, 0.717) is 6.04 Å². The van der Waals surface area contributed by atoms with E-state index in [0.717, 1.165) is 6.54 Å². The molecule has 1 unspecified atom stereocenters. The van der Waals surface area contributed by atoms with Gasteiger partial charge in [0.2, 0.25) is 0 Å². The Morgan fingerprint density at radius 1 is 1.06 bits per heavy atom. The van der Waals surface area contributed by atoms with Crippen LogP contribution in [-0.2, 0) is 6.54 Å². The first-order valence-corrected chi connectivity index (χ1v) is 7.30. The highest BCUT2D eigenvalue weighted by Gasteiger charge is 2.16. The smallest absolute Gasteiger partial charge is 0.0279 e. The molecule has 0 aromatic heterocycles. The van der Waals surface area contributed by atoms with E-state index in [1.54, 1.807) is 0 Å². The molecule has 0 saturated carbocycles. The van der Waals surface area contributed by atoms with Crippen molar-refractivity contribution < 1.29 is 0 Å². The summed E-state index contributed by atoms with van der Waals surface area (Å²) in [5.74, 6) is 0. The van der Waals surface area contributed by atoms with Gasteiger partial charge in [-0.2, -0.15) is 0 Å². The van der Waals surface area contributed by atoms with Gasteiger partial charge < -0.3 is 0 Å². The molecule has 0 spiro atoms. The molecule has 18 heavy (non-hydrogen) atoms. The molecule has 1 fully saturated rings. The van der Waals surface area contributed by atoms with Gasteiger partial charge in [0.25, 0.3) is 0 Å². The van der Waals surface area contributed by atoms with Crippen LogP contribution in [0.15, 0.2) is 43.0 Å². The fourth-order valence-corrected chi connectivity index (χ4v) is 2.83. The second-order valence-electron chi connectivity index (χ2n) is 5.32. The van der Waals surface area contributed by atoms with Crippen molar-refractivity contribution in [1.29, 1.82) is 0 Å². The molecule has 1 atom stereocenters. The summed E-state index contributed by atoms with van der Waals surface area (Å²) in [6, 6.07) is 11.4. The molecule has 0 bridgehead atoms. The second-order valence-corrected chi connectivity index (χ2v) is 5.32. The fraction of sp³-hybridized carbons (Fsp3) is 0.529. The normalized spacial score (nSPS) is 22.8. The zero-order valence-electron chi connectivity index (χ0n) is 11.4. The molecular formula is C17H25N. The highest BCUT2D eigenvalue weighted by atomic mass is 15.1. The van der Waals surface area contributed by atoms with E-state index >= 15 is 0 Å². The van der Waals surface area contributed by atoms with Crippen LogP contribution in [0.4, 0.5) is 0 Å². The maximum absolute atomic E-state index is 4.04. The Kier molecular flexibility index (Phi) is 5.47. The van der Waals surface area contributed by atoms with E-state index in [1.807, 2.05) is 0 Å². The average molecular weight is 243 g/mol. The molecule has 0 radical (unpaired) electrons. The lowest BCUT2D eigenvalue weighted by Gasteiger charge is -2.29. The van der Waals surface area contributed by atoms with E-state index < -0.39 is 0 Å². The minimum Gasteiger partial charge on any atom is -0.293 e. The quantitative estimate of drug-likeness (QED) is 0.711. The number of hydrogen-bond acceptors (Lipinski definition) is 1. The van der Waals surface area contributed by atoms with Crippen LogP contribution >= 0.6 is 0 Å². The van der Waals surface area contributed by atoms with Crippen LogP contribution in [0.5, 0.6) is 0 Å². The average Bonchev–Trinajstić information content (AvgIpc) is 2.52. The molecule has 1 nitrogen and oxygen atoms in total. The summed E-state index contributed by atoms with van der Waals surface area (Å²) in [5.41, 5.74) is 1.42. The molecule has 2 rings (SSSR count). The van der Waals surface area contributed by atoms with Gasteiger partial charge in [-0.3, -0.25) is 4.90 Å². The monoisotopic (exact) mass is 243 g/mol. The Hall–Kier alpha value is -1.08. The third-order valence-corrected chi connectivity index (χ3v) is 3.91. The Bertz CT molecular complexity index is 344. The van der Waals surface area contributed by atoms with Crippen molar-refractivity contribution in [2.75, 3.05) is 6.54 Å². The lowest BCUT2D eigenvalue weighted by Crippen LogP contribution is -2.33. The van der Waals surface area contributed by atoms with Crippen LogP contribution < -0.4 is 0 Å². The minimum absolute atomic E-state index is 0.559. The fourth-order valence-electron chi connectivity index (χ4n) is 2.83. The van der Waals surface area contributed by atoms with Crippen molar-refractivity contribution in [2.24, 2.45) is 0 Å².